The summed E-state index contributed by atoms with van der Waals surface area (Å²) in [5, 5.41) is 6.22. The van der Waals surface area contributed by atoms with Crippen molar-refractivity contribution in [1.82, 2.24) is 15.6 Å². The van der Waals surface area contributed by atoms with Crippen LogP contribution >= 0.6 is 24.0 Å². The Morgan fingerprint density at radius 3 is 2.59 bits per heavy atom. The van der Waals surface area contributed by atoms with Crippen molar-refractivity contribution in [2.24, 2.45) is 4.99 Å². The molecular weight excluding hydrogens is 536 g/mol. The second kappa shape index (κ2) is 12.3. The van der Waals surface area contributed by atoms with E-state index >= 15 is 0 Å². The fourth-order valence-electron chi connectivity index (χ4n) is 2.91. The normalized spacial score (nSPS) is 11.2. The summed E-state index contributed by atoms with van der Waals surface area (Å²) in [6.45, 7) is -0.229. The molecule has 10 heteroatoms. The van der Waals surface area contributed by atoms with Gasteiger partial charge in [0.2, 0.25) is 5.89 Å². The second-order valence-corrected chi connectivity index (χ2v) is 6.74. The molecule has 6 nitrogen and oxygen atoms in total. The van der Waals surface area contributed by atoms with Crippen LogP contribution in [0.4, 0.5) is 13.2 Å². The molecule has 2 N–H and O–H groups in total. The third-order valence-electron chi connectivity index (χ3n) is 4.42. The number of hydrogen-bond acceptors (Lipinski definition) is 4. The van der Waals surface area contributed by atoms with Gasteiger partial charge in [-0.05, 0) is 37.3 Å². The van der Waals surface area contributed by atoms with Crippen LogP contribution in [0, 0.1) is 12.7 Å². The van der Waals surface area contributed by atoms with E-state index in [0.29, 0.717) is 35.9 Å². The number of nitrogens with zero attached hydrogens (tertiary/aromatic N) is 2. The number of halogens is 4. The molecule has 0 aliphatic carbocycles. The van der Waals surface area contributed by atoms with Gasteiger partial charge in [0.15, 0.2) is 5.96 Å². The van der Waals surface area contributed by atoms with Gasteiger partial charge in [0.25, 0.3) is 0 Å². The van der Waals surface area contributed by atoms with Gasteiger partial charge < -0.3 is 19.8 Å². The monoisotopic (exact) mass is 560 g/mol. The minimum atomic E-state index is -2.89. The van der Waals surface area contributed by atoms with E-state index < -0.39 is 6.61 Å². The molecule has 0 saturated carbocycles. The van der Waals surface area contributed by atoms with Gasteiger partial charge in [-0.1, -0.05) is 17.7 Å². The van der Waals surface area contributed by atoms with Crippen molar-refractivity contribution in [2.45, 2.75) is 26.5 Å². The van der Waals surface area contributed by atoms with Crippen LogP contribution < -0.4 is 15.4 Å². The van der Waals surface area contributed by atoms with E-state index in [1.165, 1.54) is 18.2 Å². The van der Waals surface area contributed by atoms with Crippen molar-refractivity contribution in [1.29, 1.82) is 0 Å². The number of aryl methyl sites for hydroxylation is 1. The fourth-order valence-corrected chi connectivity index (χ4v) is 2.91. The largest absolute Gasteiger partial charge is 0.444 e. The molecule has 0 saturated heterocycles. The summed E-state index contributed by atoms with van der Waals surface area (Å²) in [6.07, 6.45) is 2.12. The molecule has 0 bridgehead atoms. The smallest absolute Gasteiger partial charge is 0.387 e. The van der Waals surface area contributed by atoms with Crippen LogP contribution in [0.2, 0.25) is 0 Å². The maximum absolute atomic E-state index is 13.0. The number of oxazole rings is 1. The van der Waals surface area contributed by atoms with Gasteiger partial charge in [0.1, 0.15) is 17.8 Å². The Balaban J connectivity index is 0.00000363. The highest BCUT2D eigenvalue weighted by Gasteiger charge is 2.11. The van der Waals surface area contributed by atoms with E-state index in [0.717, 1.165) is 11.3 Å². The number of ether oxygens (including phenoxy) is 1. The highest BCUT2D eigenvalue weighted by atomic mass is 127. The molecule has 3 rings (SSSR count). The Labute approximate surface area is 201 Å². The molecular formula is C22H24F3IN4O2. The van der Waals surface area contributed by atoms with Crippen LogP contribution in [0.5, 0.6) is 5.75 Å². The van der Waals surface area contributed by atoms with Crippen molar-refractivity contribution < 1.29 is 22.3 Å². The van der Waals surface area contributed by atoms with Crippen LogP contribution in [-0.2, 0) is 13.0 Å². The molecule has 0 radical (unpaired) electrons. The molecule has 0 aliphatic heterocycles. The lowest BCUT2D eigenvalue weighted by molar-refractivity contribution is -0.0504. The van der Waals surface area contributed by atoms with E-state index in [2.05, 4.69) is 25.3 Å². The zero-order valence-corrected chi connectivity index (χ0v) is 19.9. The molecule has 0 aliphatic rings. The average Bonchev–Trinajstić information content (AvgIpc) is 3.21. The predicted molar refractivity (Wildman–Crippen MR) is 127 cm³/mol. The van der Waals surface area contributed by atoms with Crippen molar-refractivity contribution in [2.75, 3.05) is 13.6 Å². The Bertz CT molecular complexity index is 1030. The highest BCUT2D eigenvalue weighted by Crippen LogP contribution is 2.22. The highest BCUT2D eigenvalue weighted by molar-refractivity contribution is 14.0. The third-order valence-corrected chi connectivity index (χ3v) is 4.42. The van der Waals surface area contributed by atoms with Crippen LogP contribution in [0.15, 0.2) is 58.1 Å². The van der Waals surface area contributed by atoms with E-state index in [9.17, 15) is 13.2 Å². The van der Waals surface area contributed by atoms with Gasteiger partial charge in [-0.15, -0.1) is 24.0 Å². The van der Waals surface area contributed by atoms with Gasteiger partial charge in [-0.2, -0.15) is 8.78 Å². The molecule has 32 heavy (non-hydrogen) atoms. The molecule has 2 aromatic carbocycles. The SMILES string of the molecule is CN=C(NCCc1coc(-c2ccc(F)cc2)n1)NCc1cc(C)ccc1OC(F)F.I. The lowest BCUT2D eigenvalue weighted by atomic mass is 10.1. The van der Waals surface area contributed by atoms with Crippen molar-refractivity contribution in [3.8, 4) is 17.2 Å². The number of aromatic nitrogens is 1. The Kier molecular flexibility index (Phi) is 9.82. The third kappa shape index (κ3) is 7.43. The first kappa shape index (κ1) is 25.5. The number of rotatable bonds is 8. The lowest BCUT2D eigenvalue weighted by Gasteiger charge is -2.15. The zero-order valence-electron chi connectivity index (χ0n) is 17.6. The minimum absolute atomic E-state index is 0. The van der Waals surface area contributed by atoms with Crippen LogP contribution in [-0.4, -0.2) is 31.1 Å². The van der Waals surface area contributed by atoms with Crippen LogP contribution in [0.25, 0.3) is 11.5 Å². The quantitative estimate of drug-likeness (QED) is 0.233. The number of guanidine groups is 1. The van der Waals surface area contributed by atoms with Crippen molar-refractivity contribution in [3.05, 3.63) is 71.4 Å². The Morgan fingerprint density at radius 2 is 1.91 bits per heavy atom. The minimum Gasteiger partial charge on any atom is -0.444 e. The molecule has 1 heterocycles. The topological polar surface area (TPSA) is 71.7 Å². The summed E-state index contributed by atoms with van der Waals surface area (Å²) in [4.78, 5) is 8.53. The number of hydrogen-bond donors (Lipinski definition) is 2. The average molecular weight is 560 g/mol. The second-order valence-electron chi connectivity index (χ2n) is 6.74. The molecule has 0 atom stereocenters. The van der Waals surface area contributed by atoms with Crippen LogP contribution in [0.1, 0.15) is 16.8 Å². The summed E-state index contributed by atoms with van der Waals surface area (Å²) < 4.78 is 48.3. The first-order valence-corrected chi connectivity index (χ1v) is 9.64. The van der Waals surface area contributed by atoms with E-state index in [1.54, 1.807) is 37.6 Å². The summed E-state index contributed by atoms with van der Waals surface area (Å²) in [7, 11) is 1.62. The van der Waals surface area contributed by atoms with Gasteiger partial charge in [-0.25, -0.2) is 9.37 Å². The van der Waals surface area contributed by atoms with Gasteiger partial charge >= 0.3 is 6.61 Å². The standard InChI is InChI=1S/C22H23F3N4O2.HI/c1-14-3-8-19(31-21(24)25)16(11-14)12-28-22(26-2)27-10-9-18-13-30-20(29-18)15-4-6-17(23)7-5-15;/h3-8,11,13,21H,9-10,12H2,1-2H3,(H2,26,27,28);1H. The molecule has 172 valence electrons. The molecule has 1 aromatic heterocycles. The number of benzene rings is 2. The first-order valence-electron chi connectivity index (χ1n) is 9.64. The van der Waals surface area contributed by atoms with Crippen molar-refractivity contribution >= 4 is 29.9 Å². The van der Waals surface area contributed by atoms with Gasteiger partial charge in [0, 0.05) is 37.7 Å². The Hall–Kier alpha value is -2.76. The number of alkyl halides is 2. The predicted octanol–water partition coefficient (Wildman–Crippen LogP) is 4.92. The summed E-state index contributed by atoms with van der Waals surface area (Å²) in [5.41, 5.74) is 2.96. The number of nitrogens with one attached hydrogen (secondary N) is 2. The van der Waals surface area contributed by atoms with Crippen LogP contribution in [0.3, 0.4) is 0 Å². The number of aliphatic imine (C=N–C) groups is 1. The van der Waals surface area contributed by atoms with Gasteiger partial charge in [0.05, 0.1) is 5.69 Å². The summed E-state index contributed by atoms with van der Waals surface area (Å²) in [5.74, 6) is 0.729. The van der Waals surface area contributed by atoms with Crippen molar-refractivity contribution in [3.63, 3.8) is 0 Å². The molecule has 0 fully saturated rings. The maximum atomic E-state index is 13.0. The fraction of sp³-hybridized carbons (Fsp3) is 0.273. The molecule has 0 unspecified atom stereocenters. The molecule has 0 spiro atoms. The summed E-state index contributed by atoms with van der Waals surface area (Å²) in [6, 6.07) is 10.9. The first-order chi connectivity index (χ1) is 14.9. The van der Waals surface area contributed by atoms with E-state index in [1.807, 2.05) is 6.92 Å². The molecule has 0 amide bonds. The summed E-state index contributed by atoms with van der Waals surface area (Å²) >= 11 is 0. The van der Waals surface area contributed by atoms with E-state index in [-0.39, 0.29) is 42.1 Å². The van der Waals surface area contributed by atoms with Gasteiger partial charge in [-0.3, -0.25) is 4.99 Å². The Morgan fingerprint density at radius 1 is 1.16 bits per heavy atom. The lowest BCUT2D eigenvalue weighted by Crippen LogP contribution is -2.38. The van der Waals surface area contributed by atoms with E-state index in [4.69, 9.17) is 4.42 Å². The zero-order chi connectivity index (χ0) is 22.2. The molecule has 3 aromatic rings. The maximum Gasteiger partial charge on any atom is 0.387 e.